The summed E-state index contributed by atoms with van der Waals surface area (Å²) in [5, 5.41) is 9.20. The Hall–Kier alpha value is -1.32. The Morgan fingerprint density at radius 1 is 0.524 bits per heavy atom. The van der Waals surface area contributed by atoms with Crippen molar-refractivity contribution >= 4 is 11.9 Å². The van der Waals surface area contributed by atoms with Crippen LogP contribution in [0.15, 0.2) is 12.2 Å². The van der Waals surface area contributed by atoms with Crippen LogP contribution in [-0.4, -0.2) is 23.1 Å². The van der Waals surface area contributed by atoms with Crippen molar-refractivity contribution < 1.29 is 19.4 Å². The third-order valence-corrected chi connectivity index (χ3v) is 8.47. The van der Waals surface area contributed by atoms with Crippen LogP contribution in [0.5, 0.6) is 0 Å². The highest BCUT2D eigenvalue weighted by Gasteiger charge is 2.17. The molecule has 42 heavy (non-hydrogen) atoms. The van der Waals surface area contributed by atoms with Crippen LogP contribution in [0.3, 0.4) is 0 Å². The van der Waals surface area contributed by atoms with E-state index in [1.165, 1.54) is 154 Å². The van der Waals surface area contributed by atoms with Gasteiger partial charge in [-0.3, -0.25) is 9.59 Å². The Kier molecular flexibility index (Phi) is 33.1. The molecule has 0 amide bonds. The molecule has 1 unspecified atom stereocenters. The van der Waals surface area contributed by atoms with E-state index in [2.05, 4.69) is 26.0 Å². The summed E-state index contributed by atoms with van der Waals surface area (Å²) in [6, 6.07) is 0. The minimum atomic E-state index is -0.880. The van der Waals surface area contributed by atoms with E-state index in [0.717, 1.165) is 25.7 Å². The van der Waals surface area contributed by atoms with E-state index in [4.69, 9.17) is 4.74 Å². The van der Waals surface area contributed by atoms with Crippen LogP contribution in [0.25, 0.3) is 0 Å². The Morgan fingerprint density at radius 2 is 0.881 bits per heavy atom. The van der Waals surface area contributed by atoms with Gasteiger partial charge in [-0.05, 0) is 44.9 Å². The SMILES string of the molecule is CCCCCCCC/C=C\CCCCCCCCCCCCCC(=O)OC(CCCCCCCCCCC)CC(=O)O. The molecule has 4 heteroatoms. The predicted octanol–water partition coefficient (Wildman–Crippen LogP) is 12.7. The summed E-state index contributed by atoms with van der Waals surface area (Å²) in [6.45, 7) is 4.52. The zero-order valence-electron chi connectivity index (χ0n) is 28.3. The van der Waals surface area contributed by atoms with E-state index >= 15 is 0 Å². The van der Waals surface area contributed by atoms with Crippen molar-refractivity contribution in [3.8, 4) is 0 Å². The molecule has 4 nitrogen and oxygen atoms in total. The highest BCUT2D eigenvalue weighted by atomic mass is 16.5. The summed E-state index contributed by atoms with van der Waals surface area (Å²) in [4.78, 5) is 23.5. The number of rotatable bonds is 34. The molecule has 0 bridgehead atoms. The first kappa shape index (κ1) is 40.7. The van der Waals surface area contributed by atoms with Gasteiger partial charge in [0.05, 0.1) is 6.42 Å². The lowest BCUT2D eigenvalue weighted by atomic mass is 10.0. The summed E-state index contributed by atoms with van der Waals surface area (Å²) in [6.07, 6.45) is 41.0. The maximum Gasteiger partial charge on any atom is 0.307 e. The molecule has 1 atom stereocenters. The topological polar surface area (TPSA) is 63.6 Å². The second-order valence-corrected chi connectivity index (χ2v) is 12.8. The lowest BCUT2D eigenvalue weighted by Gasteiger charge is -2.16. The number of ether oxygens (including phenoxy) is 1. The molecule has 0 rings (SSSR count). The summed E-state index contributed by atoms with van der Waals surface area (Å²) < 4.78 is 5.55. The zero-order valence-corrected chi connectivity index (χ0v) is 28.3. The van der Waals surface area contributed by atoms with Gasteiger partial charge in [0.25, 0.3) is 0 Å². The van der Waals surface area contributed by atoms with Crippen molar-refractivity contribution in [3.63, 3.8) is 0 Å². The number of hydrogen-bond acceptors (Lipinski definition) is 3. The minimum absolute atomic E-state index is 0.0703. The number of carboxylic acids is 1. The van der Waals surface area contributed by atoms with Gasteiger partial charge in [-0.15, -0.1) is 0 Å². The zero-order chi connectivity index (χ0) is 30.8. The van der Waals surface area contributed by atoms with Gasteiger partial charge in [0.1, 0.15) is 6.10 Å². The fraction of sp³-hybridized carbons (Fsp3) is 0.895. The summed E-state index contributed by atoms with van der Waals surface area (Å²) in [5.74, 6) is -1.10. The van der Waals surface area contributed by atoms with Crippen molar-refractivity contribution in [2.75, 3.05) is 0 Å². The molecule has 0 fully saturated rings. The van der Waals surface area contributed by atoms with Gasteiger partial charge in [-0.25, -0.2) is 0 Å². The number of carboxylic acid groups (broad SMARTS) is 1. The molecule has 0 aliphatic carbocycles. The Morgan fingerprint density at radius 3 is 1.29 bits per heavy atom. The standard InChI is InChI=1S/C38H72O4/c1-3-5-7-9-11-13-14-15-16-17-18-19-20-21-22-23-24-26-28-30-32-34-38(41)42-36(35-37(39)40)33-31-29-27-25-12-10-8-6-4-2/h15-16,36H,3-14,17-35H2,1-2H3,(H,39,40)/b16-15-. The maximum atomic E-state index is 12.3. The molecule has 0 aromatic carbocycles. The Labute approximate surface area is 262 Å². The number of carbonyl (C=O) groups is 2. The fourth-order valence-electron chi connectivity index (χ4n) is 5.73. The quantitative estimate of drug-likeness (QED) is 0.0458. The van der Waals surface area contributed by atoms with E-state index in [-0.39, 0.29) is 12.4 Å². The van der Waals surface area contributed by atoms with Gasteiger partial charge in [0.15, 0.2) is 0 Å². The van der Waals surface area contributed by atoms with Gasteiger partial charge in [-0.1, -0.05) is 167 Å². The number of carbonyl (C=O) groups excluding carboxylic acids is 1. The van der Waals surface area contributed by atoms with E-state index in [1.54, 1.807) is 0 Å². The van der Waals surface area contributed by atoms with Gasteiger partial charge in [-0.2, -0.15) is 0 Å². The number of unbranched alkanes of at least 4 members (excludes halogenated alkanes) is 25. The highest BCUT2D eigenvalue weighted by molar-refractivity contribution is 5.71. The number of allylic oxidation sites excluding steroid dienone is 2. The van der Waals surface area contributed by atoms with Gasteiger partial charge >= 0.3 is 11.9 Å². The van der Waals surface area contributed by atoms with Crippen molar-refractivity contribution in [1.29, 1.82) is 0 Å². The van der Waals surface area contributed by atoms with E-state index in [0.29, 0.717) is 12.8 Å². The first-order valence-electron chi connectivity index (χ1n) is 18.7. The highest BCUT2D eigenvalue weighted by Crippen LogP contribution is 2.17. The van der Waals surface area contributed by atoms with Crippen molar-refractivity contribution in [1.82, 2.24) is 0 Å². The van der Waals surface area contributed by atoms with Crippen molar-refractivity contribution in [2.24, 2.45) is 0 Å². The van der Waals surface area contributed by atoms with Gasteiger partial charge in [0, 0.05) is 6.42 Å². The van der Waals surface area contributed by atoms with Crippen molar-refractivity contribution in [3.05, 3.63) is 12.2 Å². The molecule has 0 saturated heterocycles. The molecule has 0 heterocycles. The van der Waals surface area contributed by atoms with Crippen LogP contribution in [0, 0.1) is 0 Å². The van der Waals surface area contributed by atoms with Crippen LogP contribution >= 0.6 is 0 Å². The number of hydrogen-bond donors (Lipinski definition) is 1. The largest absolute Gasteiger partial charge is 0.481 e. The average Bonchev–Trinajstić information content (AvgIpc) is 2.96. The summed E-state index contributed by atoms with van der Waals surface area (Å²) in [7, 11) is 0. The van der Waals surface area contributed by atoms with Crippen LogP contribution in [-0.2, 0) is 14.3 Å². The maximum absolute atomic E-state index is 12.3. The van der Waals surface area contributed by atoms with Gasteiger partial charge < -0.3 is 9.84 Å². The molecule has 0 aromatic heterocycles. The van der Waals surface area contributed by atoms with E-state index in [1.807, 2.05) is 0 Å². The van der Waals surface area contributed by atoms with Crippen LogP contribution in [0.1, 0.15) is 213 Å². The van der Waals surface area contributed by atoms with E-state index in [9.17, 15) is 14.7 Å². The van der Waals surface area contributed by atoms with Crippen LogP contribution in [0.4, 0.5) is 0 Å². The molecular formula is C38H72O4. The number of esters is 1. The lowest BCUT2D eigenvalue weighted by Crippen LogP contribution is -2.21. The molecule has 1 N–H and O–H groups in total. The summed E-state index contributed by atoms with van der Waals surface area (Å²) in [5.41, 5.74) is 0. The lowest BCUT2D eigenvalue weighted by molar-refractivity contribution is -0.153. The average molecular weight is 593 g/mol. The third kappa shape index (κ3) is 33.2. The molecule has 0 aliphatic heterocycles. The smallest absolute Gasteiger partial charge is 0.307 e. The van der Waals surface area contributed by atoms with Crippen LogP contribution < -0.4 is 0 Å². The molecule has 0 aromatic rings. The fourth-order valence-corrected chi connectivity index (χ4v) is 5.73. The molecule has 0 radical (unpaired) electrons. The monoisotopic (exact) mass is 593 g/mol. The second-order valence-electron chi connectivity index (χ2n) is 12.8. The van der Waals surface area contributed by atoms with Crippen LogP contribution in [0.2, 0.25) is 0 Å². The minimum Gasteiger partial charge on any atom is -0.481 e. The normalized spacial score (nSPS) is 12.2. The molecule has 0 aliphatic rings. The number of aliphatic carboxylic acids is 1. The molecule has 248 valence electrons. The summed E-state index contributed by atoms with van der Waals surface area (Å²) >= 11 is 0. The van der Waals surface area contributed by atoms with Gasteiger partial charge in [0.2, 0.25) is 0 Å². The van der Waals surface area contributed by atoms with Crippen molar-refractivity contribution in [2.45, 2.75) is 219 Å². The van der Waals surface area contributed by atoms with E-state index < -0.39 is 12.1 Å². The first-order chi connectivity index (χ1) is 20.6. The second kappa shape index (κ2) is 34.2. The first-order valence-corrected chi connectivity index (χ1v) is 18.7. The predicted molar refractivity (Wildman–Crippen MR) is 181 cm³/mol. The third-order valence-electron chi connectivity index (χ3n) is 8.47. The Bertz CT molecular complexity index is 600. The molecule has 0 saturated carbocycles. The molecule has 0 spiro atoms. The Balaban J connectivity index is 3.55. The molecular weight excluding hydrogens is 520 g/mol.